The van der Waals surface area contributed by atoms with Gasteiger partial charge >= 0.3 is 5.97 Å². The molecule has 1 heterocycles. The van der Waals surface area contributed by atoms with E-state index in [-0.39, 0.29) is 0 Å². The van der Waals surface area contributed by atoms with Gasteiger partial charge in [0.05, 0.1) is 16.8 Å². The lowest BCUT2D eigenvalue weighted by atomic mass is 10.1. The normalized spacial score (nSPS) is 10.8. The Bertz CT molecular complexity index is 849. The van der Waals surface area contributed by atoms with E-state index in [1.54, 1.807) is 12.1 Å². The first-order valence-electron chi connectivity index (χ1n) is 7.07. The fourth-order valence-corrected chi connectivity index (χ4v) is 2.65. The van der Waals surface area contributed by atoms with Crippen LogP contribution in [0.15, 0.2) is 48.5 Å². The number of aryl methyl sites for hydroxylation is 2. The highest BCUT2D eigenvalue weighted by atomic mass is 16.5. The quantitative estimate of drug-likeness (QED) is 0.797. The van der Waals surface area contributed by atoms with Crippen LogP contribution in [0.4, 0.5) is 0 Å². The van der Waals surface area contributed by atoms with Gasteiger partial charge in [-0.25, -0.2) is 4.79 Å². The van der Waals surface area contributed by atoms with Crippen molar-refractivity contribution < 1.29 is 14.6 Å². The summed E-state index contributed by atoms with van der Waals surface area (Å²) in [7, 11) is 1.87. The minimum Gasteiger partial charge on any atom is -0.487 e. The highest BCUT2D eigenvalue weighted by molar-refractivity contribution is 6.02. The van der Waals surface area contributed by atoms with E-state index >= 15 is 0 Å². The molecule has 0 aliphatic heterocycles. The van der Waals surface area contributed by atoms with E-state index < -0.39 is 5.97 Å². The van der Waals surface area contributed by atoms with Crippen molar-refractivity contribution in [1.29, 1.82) is 0 Å². The van der Waals surface area contributed by atoms with E-state index in [1.165, 1.54) is 0 Å². The first kappa shape index (κ1) is 14.2. The summed E-state index contributed by atoms with van der Waals surface area (Å²) in [5, 5.41) is 10.2. The minimum absolute atomic E-state index is 0.308. The Balaban J connectivity index is 1.95. The van der Waals surface area contributed by atoms with E-state index in [1.807, 2.05) is 54.9 Å². The van der Waals surface area contributed by atoms with Crippen LogP contribution in [0.5, 0.6) is 5.75 Å². The zero-order valence-corrected chi connectivity index (χ0v) is 12.5. The minimum atomic E-state index is -0.918. The summed E-state index contributed by atoms with van der Waals surface area (Å²) in [4.78, 5) is 11.4. The Kier molecular flexibility index (Phi) is 3.59. The molecule has 0 aliphatic carbocycles. The molecule has 1 N–H and O–H groups in total. The lowest BCUT2D eigenvalue weighted by molar-refractivity contribution is 0.0698. The smallest absolute Gasteiger partial charge is 0.337 e. The fraction of sp³-hybridized carbons (Fsp3) is 0.167. The van der Waals surface area contributed by atoms with Gasteiger partial charge in [-0.1, -0.05) is 30.3 Å². The number of aromatic carboxylic acids is 1. The van der Waals surface area contributed by atoms with Gasteiger partial charge in [-0.2, -0.15) is 0 Å². The molecule has 112 valence electrons. The van der Waals surface area contributed by atoms with Crippen LogP contribution in [0.25, 0.3) is 10.9 Å². The number of ether oxygens (including phenoxy) is 1. The first-order chi connectivity index (χ1) is 10.6. The molecule has 1 aromatic heterocycles. The molecule has 3 rings (SSSR count). The SMILES string of the molecule is Cc1ccccc1OCc1cc2cccc(C(=O)O)c2n1C. The molecule has 2 aromatic carbocycles. The van der Waals surface area contributed by atoms with Crippen LogP contribution >= 0.6 is 0 Å². The fourth-order valence-electron chi connectivity index (χ4n) is 2.65. The molecule has 22 heavy (non-hydrogen) atoms. The number of fused-ring (bicyclic) bond motifs is 1. The van der Waals surface area contributed by atoms with Gasteiger partial charge in [0.15, 0.2) is 0 Å². The molecule has 4 nitrogen and oxygen atoms in total. The third-order valence-corrected chi connectivity index (χ3v) is 3.86. The molecular formula is C18H17NO3. The average molecular weight is 295 g/mol. The third kappa shape index (κ3) is 2.44. The number of hydrogen-bond donors (Lipinski definition) is 1. The molecule has 3 aromatic rings. The second kappa shape index (κ2) is 5.56. The average Bonchev–Trinajstić information content (AvgIpc) is 2.83. The Morgan fingerprint density at radius 2 is 1.95 bits per heavy atom. The van der Waals surface area contributed by atoms with E-state index in [4.69, 9.17) is 4.74 Å². The summed E-state index contributed by atoms with van der Waals surface area (Å²) in [6.45, 7) is 2.40. The van der Waals surface area contributed by atoms with Gasteiger partial charge in [0, 0.05) is 12.4 Å². The highest BCUT2D eigenvalue weighted by Crippen LogP contribution is 2.24. The van der Waals surface area contributed by atoms with Crippen LogP contribution in [0.3, 0.4) is 0 Å². The topological polar surface area (TPSA) is 51.5 Å². The zero-order chi connectivity index (χ0) is 15.7. The maximum atomic E-state index is 11.4. The number of nitrogens with zero attached hydrogens (tertiary/aromatic N) is 1. The molecule has 0 bridgehead atoms. The van der Waals surface area contributed by atoms with Crippen LogP contribution in [0.1, 0.15) is 21.6 Å². The molecular weight excluding hydrogens is 278 g/mol. The number of carboxylic acids is 1. The summed E-state index contributed by atoms with van der Waals surface area (Å²) in [6.07, 6.45) is 0. The molecule has 0 saturated heterocycles. The zero-order valence-electron chi connectivity index (χ0n) is 12.5. The molecule has 0 aliphatic rings. The standard InChI is InChI=1S/C18H17NO3/c1-12-6-3-4-9-16(12)22-11-14-10-13-7-5-8-15(18(20)21)17(13)19(14)2/h3-10H,11H2,1-2H3,(H,20,21). The highest BCUT2D eigenvalue weighted by Gasteiger charge is 2.14. The number of carbonyl (C=O) groups is 1. The van der Waals surface area contributed by atoms with Crippen molar-refractivity contribution in [2.45, 2.75) is 13.5 Å². The lowest BCUT2D eigenvalue weighted by Crippen LogP contribution is -2.05. The van der Waals surface area contributed by atoms with Gasteiger partial charge in [0.2, 0.25) is 0 Å². The van der Waals surface area contributed by atoms with Crippen LogP contribution in [0, 0.1) is 6.92 Å². The van der Waals surface area contributed by atoms with Crippen LogP contribution in [-0.4, -0.2) is 15.6 Å². The summed E-state index contributed by atoms with van der Waals surface area (Å²) in [5.41, 5.74) is 3.04. The predicted octanol–water partition coefficient (Wildman–Crippen LogP) is 3.76. The largest absolute Gasteiger partial charge is 0.487 e. The maximum absolute atomic E-state index is 11.4. The van der Waals surface area contributed by atoms with Crippen molar-refractivity contribution in [3.8, 4) is 5.75 Å². The number of benzene rings is 2. The van der Waals surface area contributed by atoms with E-state index in [2.05, 4.69) is 0 Å². The van der Waals surface area contributed by atoms with Crippen molar-refractivity contribution in [3.63, 3.8) is 0 Å². The first-order valence-corrected chi connectivity index (χ1v) is 7.07. The number of para-hydroxylation sites is 2. The Morgan fingerprint density at radius 1 is 1.18 bits per heavy atom. The third-order valence-electron chi connectivity index (χ3n) is 3.86. The maximum Gasteiger partial charge on any atom is 0.337 e. The van der Waals surface area contributed by atoms with Crippen molar-refractivity contribution >= 4 is 16.9 Å². The lowest BCUT2D eigenvalue weighted by Gasteiger charge is -2.10. The van der Waals surface area contributed by atoms with E-state index in [0.717, 1.165) is 27.9 Å². The van der Waals surface area contributed by atoms with E-state index in [0.29, 0.717) is 12.2 Å². The summed E-state index contributed by atoms with van der Waals surface area (Å²) in [6, 6.07) is 15.1. The van der Waals surface area contributed by atoms with Crippen molar-refractivity contribution in [2.24, 2.45) is 7.05 Å². The molecule has 0 amide bonds. The predicted molar refractivity (Wildman–Crippen MR) is 85.4 cm³/mol. The molecule has 0 spiro atoms. The molecule has 4 heteroatoms. The van der Waals surface area contributed by atoms with Crippen molar-refractivity contribution in [2.75, 3.05) is 0 Å². The molecule has 0 atom stereocenters. The van der Waals surface area contributed by atoms with Crippen LogP contribution < -0.4 is 4.74 Å². The monoisotopic (exact) mass is 295 g/mol. The van der Waals surface area contributed by atoms with Gasteiger partial charge in [0.1, 0.15) is 12.4 Å². The molecule has 0 saturated carbocycles. The van der Waals surface area contributed by atoms with Gasteiger partial charge in [-0.3, -0.25) is 0 Å². The Morgan fingerprint density at radius 3 is 2.68 bits per heavy atom. The Labute approximate surface area is 128 Å². The summed E-state index contributed by atoms with van der Waals surface area (Å²) in [5.74, 6) is -0.0793. The molecule has 0 unspecified atom stereocenters. The number of rotatable bonds is 4. The Hall–Kier alpha value is -2.75. The number of aromatic nitrogens is 1. The van der Waals surface area contributed by atoms with Crippen LogP contribution in [0.2, 0.25) is 0 Å². The van der Waals surface area contributed by atoms with E-state index in [9.17, 15) is 9.90 Å². The van der Waals surface area contributed by atoms with Gasteiger partial charge in [-0.15, -0.1) is 0 Å². The summed E-state index contributed by atoms with van der Waals surface area (Å²) < 4.78 is 7.75. The van der Waals surface area contributed by atoms with Gasteiger partial charge in [0.25, 0.3) is 0 Å². The van der Waals surface area contributed by atoms with Gasteiger partial charge < -0.3 is 14.4 Å². The van der Waals surface area contributed by atoms with Crippen molar-refractivity contribution in [1.82, 2.24) is 4.57 Å². The second-order valence-electron chi connectivity index (χ2n) is 5.30. The molecule has 0 radical (unpaired) electrons. The number of hydrogen-bond acceptors (Lipinski definition) is 2. The van der Waals surface area contributed by atoms with Crippen molar-refractivity contribution in [3.05, 3.63) is 65.4 Å². The van der Waals surface area contributed by atoms with Gasteiger partial charge in [-0.05, 0) is 30.7 Å². The summed E-state index contributed by atoms with van der Waals surface area (Å²) >= 11 is 0. The number of carboxylic acid groups (broad SMARTS) is 1. The van der Waals surface area contributed by atoms with Crippen LogP contribution in [-0.2, 0) is 13.7 Å². The molecule has 0 fully saturated rings. The second-order valence-corrected chi connectivity index (χ2v) is 5.30.